The third kappa shape index (κ3) is 2.11. The first-order valence-corrected chi connectivity index (χ1v) is 7.51. The summed E-state index contributed by atoms with van der Waals surface area (Å²) in [5.74, 6) is -1.99. The van der Waals surface area contributed by atoms with E-state index < -0.39 is 18.4 Å². The SMILES string of the molecule is CN1C(=O)/C(=C2\SC(=S)N(CC(=O)O)C2=O)c2ccccc21. The van der Waals surface area contributed by atoms with Crippen LogP contribution in [0.5, 0.6) is 0 Å². The maximum absolute atomic E-state index is 12.5. The highest BCUT2D eigenvalue weighted by Crippen LogP contribution is 2.43. The zero-order valence-electron chi connectivity index (χ0n) is 11.4. The summed E-state index contributed by atoms with van der Waals surface area (Å²) in [4.78, 5) is 38.4. The van der Waals surface area contributed by atoms with Crippen molar-refractivity contribution in [1.29, 1.82) is 0 Å². The van der Waals surface area contributed by atoms with Crippen LogP contribution in [0.1, 0.15) is 5.56 Å². The molecule has 0 spiro atoms. The topological polar surface area (TPSA) is 77.9 Å². The minimum absolute atomic E-state index is 0.148. The number of hydrogen-bond donors (Lipinski definition) is 1. The van der Waals surface area contributed by atoms with Gasteiger partial charge in [-0.05, 0) is 6.07 Å². The molecule has 112 valence electrons. The average Bonchev–Trinajstić information content (AvgIpc) is 2.88. The summed E-state index contributed by atoms with van der Waals surface area (Å²) >= 11 is 6.03. The highest BCUT2D eigenvalue weighted by atomic mass is 32.2. The van der Waals surface area contributed by atoms with E-state index in [-0.39, 0.29) is 20.7 Å². The van der Waals surface area contributed by atoms with Crippen molar-refractivity contribution < 1.29 is 19.5 Å². The first-order chi connectivity index (χ1) is 10.4. The lowest BCUT2D eigenvalue weighted by Gasteiger charge is -2.10. The van der Waals surface area contributed by atoms with Crippen molar-refractivity contribution in [3.05, 3.63) is 34.7 Å². The van der Waals surface area contributed by atoms with Crippen LogP contribution in [0.3, 0.4) is 0 Å². The summed E-state index contributed by atoms with van der Waals surface area (Å²) in [5, 5.41) is 8.86. The third-order valence-electron chi connectivity index (χ3n) is 3.42. The number of likely N-dealkylation sites (N-methyl/N-ethyl adjacent to an activating group) is 1. The molecule has 0 aliphatic carbocycles. The quantitative estimate of drug-likeness (QED) is 0.649. The fraction of sp³-hybridized carbons (Fsp3) is 0.143. The van der Waals surface area contributed by atoms with Crippen molar-refractivity contribution >= 4 is 57.3 Å². The van der Waals surface area contributed by atoms with Crippen molar-refractivity contribution in [3.8, 4) is 0 Å². The Balaban J connectivity index is 2.12. The predicted octanol–water partition coefficient (Wildman–Crippen LogP) is 1.32. The second-order valence-electron chi connectivity index (χ2n) is 4.74. The number of carbonyl (C=O) groups is 3. The summed E-state index contributed by atoms with van der Waals surface area (Å²) in [6, 6.07) is 7.14. The molecule has 0 unspecified atom stereocenters. The van der Waals surface area contributed by atoms with Crippen LogP contribution in [-0.4, -0.2) is 45.7 Å². The van der Waals surface area contributed by atoms with E-state index in [0.29, 0.717) is 11.3 Å². The molecule has 0 bridgehead atoms. The normalized spacial score (nSPS) is 20.9. The monoisotopic (exact) mass is 334 g/mol. The lowest BCUT2D eigenvalue weighted by Crippen LogP contribution is -2.33. The van der Waals surface area contributed by atoms with Crippen molar-refractivity contribution in [2.45, 2.75) is 0 Å². The number of benzene rings is 1. The van der Waals surface area contributed by atoms with Crippen LogP contribution in [0.15, 0.2) is 29.2 Å². The largest absolute Gasteiger partial charge is 0.480 e. The number of rotatable bonds is 2. The molecule has 2 aliphatic heterocycles. The lowest BCUT2D eigenvalue weighted by molar-refractivity contribution is -0.140. The fourth-order valence-corrected chi connectivity index (χ4v) is 3.74. The number of nitrogens with zero attached hydrogens (tertiary/aromatic N) is 2. The van der Waals surface area contributed by atoms with Gasteiger partial charge in [0.05, 0.1) is 16.2 Å². The predicted molar refractivity (Wildman–Crippen MR) is 86.3 cm³/mol. The molecule has 2 amide bonds. The number of carboxylic acid groups (broad SMARTS) is 1. The van der Waals surface area contributed by atoms with Crippen LogP contribution < -0.4 is 4.90 Å². The average molecular weight is 334 g/mol. The van der Waals surface area contributed by atoms with Crippen molar-refractivity contribution in [2.75, 3.05) is 18.5 Å². The van der Waals surface area contributed by atoms with Gasteiger partial charge in [0.2, 0.25) is 0 Å². The second-order valence-corrected chi connectivity index (χ2v) is 6.38. The fourth-order valence-electron chi connectivity index (χ4n) is 2.41. The molecule has 1 N–H and O–H groups in total. The van der Waals surface area contributed by atoms with E-state index in [4.69, 9.17) is 17.3 Å². The van der Waals surface area contributed by atoms with Gasteiger partial charge in [-0.15, -0.1) is 0 Å². The minimum atomic E-state index is -1.15. The standard InChI is InChI=1S/C14H10N2O4S2/c1-15-8-5-3-2-4-7(8)10(12(15)19)11-13(20)16(6-9(17)18)14(21)22-11/h2-5H,6H2,1H3,(H,17,18)/b11-10-. The van der Waals surface area contributed by atoms with Gasteiger partial charge in [-0.1, -0.05) is 42.2 Å². The summed E-state index contributed by atoms with van der Waals surface area (Å²) in [6.45, 7) is -0.507. The molecule has 1 saturated heterocycles. The maximum atomic E-state index is 12.5. The van der Waals surface area contributed by atoms with Gasteiger partial charge < -0.3 is 10.0 Å². The van der Waals surface area contributed by atoms with Gasteiger partial charge in [0.1, 0.15) is 10.9 Å². The molecular weight excluding hydrogens is 324 g/mol. The van der Waals surface area contributed by atoms with Gasteiger partial charge in [-0.2, -0.15) is 0 Å². The number of fused-ring (bicyclic) bond motifs is 1. The van der Waals surface area contributed by atoms with Gasteiger partial charge in [0.15, 0.2) is 0 Å². The van der Waals surface area contributed by atoms with Crippen LogP contribution in [0.25, 0.3) is 5.57 Å². The van der Waals surface area contributed by atoms with E-state index in [2.05, 4.69) is 0 Å². The third-order valence-corrected chi connectivity index (χ3v) is 4.87. The highest BCUT2D eigenvalue weighted by Gasteiger charge is 2.41. The molecule has 3 rings (SSSR count). The Bertz CT molecular complexity index is 772. The van der Waals surface area contributed by atoms with E-state index in [1.807, 2.05) is 0 Å². The number of amides is 2. The number of hydrogen-bond acceptors (Lipinski definition) is 5. The van der Waals surface area contributed by atoms with Crippen LogP contribution in [0.2, 0.25) is 0 Å². The molecule has 0 saturated carbocycles. The number of aliphatic carboxylic acids is 1. The summed E-state index contributed by atoms with van der Waals surface area (Å²) in [5.41, 5.74) is 1.65. The Labute approximate surface area is 135 Å². The van der Waals surface area contributed by atoms with Gasteiger partial charge in [0, 0.05) is 12.6 Å². The van der Waals surface area contributed by atoms with E-state index in [0.717, 1.165) is 16.7 Å². The maximum Gasteiger partial charge on any atom is 0.323 e. The lowest BCUT2D eigenvalue weighted by atomic mass is 10.1. The molecular formula is C14H10N2O4S2. The van der Waals surface area contributed by atoms with Crippen molar-refractivity contribution in [3.63, 3.8) is 0 Å². The first-order valence-electron chi connectivity index (χ1n) is 6.29. The number of carboxylic acids is 1. The van der Waals surface area contributed by atoms with Crippen molar-refractivity contribution in [2.24, 2.45) is 0 Å². The summed E-state index contributed by atoms with van der Waals surface area (Å²) < 4.78 is 0.148. The smallest absolute Gasteiger partial charge is 0.323 e. The van der Waals surface area contributed by atoms with Gasteiger partial charge in [0.25, 0.3) is 11.8 Å². The molecule has 1 fully saturated rings. The van der Waals surface area contributed by atoms with E-state index in [1.165, 1.54) is 4.90 Å². The van der Waals surface area contributed by atoms with E-state index in [9.17, 15) is 14.4 Å². The van der Waals surface area contributed by atoms with Gasteiger partial charge >= 0.3 is 5.97 Å². The van der Waals surface area contributed by atoms with Crippen molar-refractivity contribution in [1.82, 2.24) is 4.90 Å². The molecule has 0 aromatic heterocycles. The van der Waals surface area contributed by atoms with Crippen LogP contribution in [0.4, 0.5) is 5.69 Å². The number of anilines is 1. The molecule has 6 nitrogen and oxygen atoms in total. The van der Waals surface area contributed by atoms with E-state index in [1.54, 1.807) is 31.3 Å². The highest BCUT2D eigenvalue weighted by molar-refractivity contribution is 8.26. The Hall–Kier alpha value is -2.19. The Kier molecular flexibility index (Phi) is 3.50. The minimum Gasteiger partial charge on any atom is -0.480 e. The molecule has 2 heterocycles. The van der Waals surface area contributed by atoms with Crippen LogP contribution in [-0.2, 0) is 14.4 Å². The number of thioether (sulfide) groups is 1. The summed E-state index contributed by atoms with van der Waals surface area (Å²) in [7, 11) is 1.63. The Morgan fingerprint density at radius 2 is 1.95 bits per heavy atom. The molecule has 2 aliphatic rings. The van der Waals surface area contributed by atoms with Gasteiger partial charge in [-0.25, -0.2) is 0 Å². The number of para-hydroxylation sites is 1. The molecule has 8 heteroatoms. The number of carbonyl (C=O) groups excluding carboxylic acids is 2. The van der Waals surface area contributed by atoms with Crippen LogP contribution >= 0.6 is 24.0 Å². The second kappa shape index (κ2) is 5.22. The first kappa shape index (κ1) is 14.7. The molecule has 1 aromatic rings. The zero-order valence-corrected chi connectivity index (χ0v) is 13.0. The molecule has 1 aromatic carbocycles. The molecule has 0 radical (unpaired) electrons. The van der Waals surface area contributed by atoms with E-state index >= 15 is 0 Å². The van der Waals surface area contributed by atoms with Gasteiger partial charge in [-0.3, -0.25) is 19.3 Å². The molecule has 22 heavy (non-hydrogen) atoms. The summed E-state index contributed by atoms with van der Waals surface area (Å²) in [6.07, 6.45) is 0. The zero-order chi connectivity index (χ0) is 16.0. The Morgan fingerprint density at radius 1 is 1.27 bits per heavy atom. The molecule has 0 atom stereocenters. The Morgan fingerprint density at radius 3 is 2.64 bits per heavy atom. The van der Waals surface area contributed by atoms with Crippen LogP contribution in [0, 0.1) is 0 Å². The number of thiocarbonyl (C=S) groups is 1.